The van der Waals surface area contributed by atoms with Gasteiger partial charge < -0.3 is 15.3 Å². The summed E-state index contributed by atoms with van der Waals surface area (Å²) in [6.45, 7) is 2.72. The zero-order valence-electron chi connectivity index (χ0n) is 12.2. The van der Waals surface area contributed by atoms with E-state index in [0.717, 1.165) is 12.8 Å². The van der Waals surface area contributed by atoms with E-state index < -0.39 is 12.0 Å². The van der Waals surface area contributed by atoms with Crippen molar-refractivity contribution in [2.24, 2.45) is 5.92 Å². The lowest BCUT2D eigenvalue weighted by Crippen LogP contribution is -2.47. The molecule has 2 rings (SSSR count). The first-order valence-electron chi connectivity index (χ1n) is 7.12. The van der Waals surface area contributed by atoms with Crippen LogP contribution in [0.15, 0.2) is 12.1 Å². The maximum Gasteiger partial charge on any atom is 0.326 e. The third-order valence-corrected chi connectivity index (χ3v) is 3.98. The highest BCUT2D eigenvalue weighted by atomic mass is 16.4. The summed E-state index contributed by atoms with van der Waals surface area (Å²) in [5, 5.41) is 19.7. The molecule has 21 heavy (non-hydrogen) atoms. The lowest BCUT2D eigenvalue weighted by Gasteiger charge is -2.37. The number of nitrogens with zero attached hydrogens (tertiary/aromatic N) is 3. The number of hydrogen-bond acceptors (Lipinski definition) is 5. The van der Waals surface area contributed by atoms with Gasteiger partial charge in [0.15, 0.2) is 11.5 Å². The summed E-state index contributed by atoms with van der Waals surface area (Å²) in [4.78, 5) is 24.7. The number of carbonyl (C=O) groups is 2. The SMILES string of the molecule is CCC1CCN(c2ccc(C(=O)NC)nn2)C(C(=O)O)C1. The molecule has 0 spiro atoms. The fourth-order valence-electron chi connectivity index (χ4n) is 2.65. The summed E-state index contributed by atoms with van der Waals surface area (Å²) in [6.07, 6.45) is 2.54. The molecule has 2 atom stereocenters. The topological polar surface area (TPSA) is 95.4 Å². The molecule has 1 aliphatic rings. The Hall–Kier alpha value is -2.18. The Morgan fingerprint density at radius 2 is 2.19 bits per heavy atom. The molecule has 2 N–H and O–H groups in total. The number of aliphatic carboxylic acids is 1. The Morgan fingerprint density at radius 3 is 2.71 bits per heavy atom. The van der Waals surface area contributed by atoms with Crippen molar-refractivity contribution in [1.82, 2.24) is 15.5 Å². The van der Waals surface area contributed by atoms with Crippen molar-refractivity contribution in [1.29, 1.82) is 0 Å². The van der Waals surface area contributed by atoms with Gasteiger partial charge in [0.2, 0.25) is 0 Å². The van der Waals surface area contributed by atoms with E-state index in [1.165, 1.54) is 7.05 Å². The minimum Gasteiger partial charge on any atom is -0.480 e. The third-order valence-electron chi connectivity index (χ3n) is 3.98. The molecule has 2 unspecified atom stereocenters. The number of hydrogen-bond donors (Lipinski definition) is 2. The van der Waals surface area contributed by atoms with E-state index >= 15 is 0 Å². The minimum absolute atomic E-state index is 0.219. The summed E-state index contributed by atoms with van der Waals surface area (Å²) in [5.74, 6) is -0.219. The molecule has 7 heteroatoms. The van der Waals surface area contributed by atoms with Gasteiger partial charge in [-0.3, -0.25) is 4.79 Å². The second kappa shape index (κ2) is 6.51. The van der Waals surface area contributed by atoms with E-state index in [2.05, 4.69) is 22.4 Å². The standard InChI is InChI=1S/C14H20N4O3/c1-3-9-6-7-18(11(8-9)14(20)21)12-5-4-10(16-17-12)13(19)15-2/h4-5,9,11H,3,6-8H2,1-2H3,(H,15,19)(H,20,21). The number of amides is 1. The average Bonchev–Trinajstić information content (AvgIpc) is 2.53. The smallest absolute Gasteiger partial charge is 0.326 e. The number of carboxylic acids is 1. The van der Waals surface area contributed by atoms with Crippen molar-refractivity contribution < 1.29 is 14.7 Å². The highest BCUT2D eigenvalue weighted by molar-refractivity contribution is 5.92. The normalized spacial score (nSPS) is 21.9. The van der Waals surface area contributed by atoms with Crippen molar-refractivity contribution in [3.63, 3.8) is 0 Å². The van der Waals surface area contributed by atoms with Gasteiger partial charge in [-0.1, -0.05) is 13.3 Å². The zero-order chi connectivity index (χ0) is 15.4. The van der Waals surface area contributed by atoms with Crippen LogP contribution in [0.5, 0.6) is 0 Å². The van der Waals surface area contributed by atoms with Crippen LogP contribution in [0.2, 0.25) is 0 Å². The van der Waals surface area contributed by atoms with E-state index in [-0.39, 0.29) is 11.6 Å². The lowest BCUT2D eigenvalue weighted by molar-refractivity contribution is -0.139. The first kappa shape index (κ1) is 15.2. The van der Waals surface area contributed by atoms with Crippen LogP contribution in [0, 0.1) is 5.92 Å². The maximum absolute atomic E-state index is 11.5. The van der Waals surface area contributed by atoms with Crippen LogP contribution in [-0.4, -0.2) is 46.8 Å². The Balaban J connectivity index is 2.19. The Morgan fingerprint density at radius 1 is 1.43 bits per heavy atom. The third kappa shape index (κ3) is 3.29. The highest BCUT2D eigenvalue weighted by Crippen LogP contribution is 2.28. The van der Waals surface area contributed by atoms with Crippen LogP contribution < -0.4 is 10.2 Å². The van der Waals surface area contributed by atoms with Crippen molar-refractivity contribution in [3.8, 4) is 0 Å². The molecule has 1 fully saturated rings. The Bertz CT molecular complexity index is 517. The molecule has 1 saturated heterocycles. The van der Waals surface area contributed by atoms with Gasteiger partial charge in [-0.05, 0) is 30.9 Å². The number of aromatic nitrogens is 2. The summed E-state index contributed by atoms with van der Waals surface area (Å²) >= 11 is 0. The second-order valence-electron chi connectivity index (χ2n) is 5.20. The predicted octanol–water partition coefficient (Wildman–Crippen LogP) is 0.916. The fraction of sp³-hybridized carbons (Fsp3) is 0.571. The van der Waals surface area contributed by atoms with E-state index in [0.29, 0.717) is 24.7 Å². The van der Waals surface area contributed by atoms with Crippen LogP contribution in [0.3, 0.4) is 0 Å². The van der Waals surface area contributed by atoms with Crippen LogP contribution >= 0.6 is 0 Å². The Labute approximate surface area is 123 Å². The number of piperidine rings is 1. The average molecular weight is 292 g/mol. The first-order chi connectivity index (χ1) is 10.1. The minimum atomic E-state index is -0.842. The molecule has 7 nitrogen and oxygen atoms in total. The molecule has 0 aromatic carbocycles. The van der Waals surface area contributed by atoms with Crippen LogP contribution in [-0.2, 0) is 4.79 Å². The van der Waals surface area contributed by atoms with Crippen LogP contribution in [0.25, 0.3) is 0 Å². The molecule has 114 valence electrons. The molecule has 0 aliphatic carbocycles. The summed E-state index contributed by atoms with van der Waals surface area (Å²) in [7, 11) is 1.52. The highest BCUT2D eigenvalue weighted by Gasteiger charge is 2.33. The van der Waals surface area contributed by atoms with Gasteiger partial charge in [0, 0.05) is 13.6 Å². The number of carbonyl (C=O) groups excluding carboxylic acids is 1. The molecular formula is C14H20N4O3. The quantitative estimate of drug-likeness (QED) is 0.856. The number of anilines is 1. The Kier molecular flexibility index (Phi) is 4.72. The molecule has 1 aromatic heterocycles. The van der Waals surface area contributed by atoms with Gasteiger partial charge in [0.25, 0.3) is 5.91 Å². The van der Waals surface area contributed by atoms with Crippen molar-refractivity contribution >= 4 is 17.7 Å². The van der Waals surface area contributed by atoms with Gasteiger partial charge in [-0.15, -0.1) is 10.2 Å². The molecule has 1 amide bonds. The largest absolute Gasteiger partial charge is 0.480 e. The molecule has 0 radical (unpaired) electrons. The van der Waals surface area contributed by atoms with E-state index in [4.69, 9.17) is 0 Å². The van der Waals surface area contributed by atoms with Gasteiger partial charge >= 0.3 is 5.97 Å². The van der Waals surface area contributed by atoms with E-state index in [1.807, 2.05) is 0 Å². The maximum atomic E-state index is 11.5. The second-order valence-corrected chi connectivity index (χ2v) is 5.20. The fourth-order valence-corrected chi connectivity index (χ4v) is 2.65. The number of nitrogens with one attached hydrogen (secondary N) is 1. The molecule has 2 heterocycles. The lowest BCUT2D eigenvalue weighted by atomic mass is 9.89. The molecule has 0 bridgehead atoms. The molecular weight excluding hydrogens is 272 g/mol. The van der Waals surface area contributed by atoms with Gasteiger partial charge in [-0.25, -0.2) is 4.79 Å². The molecule has 0 saturated carbocycles. The van der Waals surface area contributed by atoms with Crippen molar-refractivity contribution in [2.75, 3.05) is 18.5 Å². The van der Waals surface area contributed by atoms with E-state index in [9.17, 15) is 14.7 Å². The zero-order valence-corrected chi connectivity index (χ0v) is 12.2. The van der Waals surface area contributed by atoms with Gasteiger partial charge in [0.1, 0.15) is 6.04 Å². The molecule has 1 aliphatic heterocycles. The van der Waals surface area contributed by atoms with E-state index in [1.54, 1.807) is 17.0 Å². The number of rotatable bonds is 4. The first-order valence-corrected chi connectivity index (χ1v) is 7.12. The van der Waals surface area contributed by atoms with Crippen molar-refractivity contribution in [3.05, 3.63) is 17.8 Å². The summed E-state index contributed by atoms with van der Waals surface area (Å²) in [6, 6.07) is 2.63. The summed E-state index contributed by atoms with van der Waals surface area (Å²) in [5.41, 5.74) is 0.219. The number of carboxylic acid groups (broad SMARTS) is 1. The predicted molar refractivity (Wildman–Crippen MR) is 77.2 cm³/mol. The summed E-state index contributed by atoms with van der Waals surface area (Å²) < 4.78 is 0. The van der Waals surface area contributed by atoms with Crippen molar-refractivity contribution in [2.45, 2.75) is 32.2 Å². The monoisotopic (exact) mass is 292 g/mol. The van der Waals surface area contributed by atoms with Crippen LogP contribution in [0.4, 0.5) is 5.82 Å². The van der Waals surface area contributed by atoms with Crippen LogP contribution in [0.1, 0.15) is 36.7 Å². The molecule has 1 aromatic rings. The van der Waals surface area contributed by atoms with Gasteiger partial charge in [0.05, 0.1) is 0 Å². The van der Waals surface area contributed by atoms with Gasteiger partial charge in [-0.2, -0.15) is 0 Å².